The summed E-state index contributed by atoms with van der Waals surface area (Å²) in [4.78, 5) is 22.4. The highest BCUT2D eigenvalue weighted by atomic mass is 16.1. The lowest BCUT2D eigenvalue weighted by Gasteiger charge is -2.38. The van der Waals surface area contributed by atoms with Gasteiger partial charge in [0.1, 0.15) is 5.82 Å². The Morgan fingerprint density at radius 2 is 1.89 bits per heavy atom. The number of aromatic nitrogens is 2. The Balaban J connectivity index is 1.35. The zero-order chi connectivity index (χ0) is 19.0. The summed E-state index contributed by atoms with van der Waals surface area (Å²) >= 11 is 0. The van der Waals surface area contributed by atoms with Crippen molar-refractivity contribution in [2.45, 2.75) is 51.1 Å². The average Bonchev–Trinajstić information content (AvgIpc) is 3.09. The maximum absolute atomic E-state index is 11.5. The van der Waals surface area contributed by atoms with Crippen molar-refractivity contribution in [3.05, 3.63) is 53.0 Å². The molecule has 2 aromatic rings. The molecule has 2 heterocycles. The highest BCUT2D eigenvalue weighted by Gasteiger charge is 2.34. The summed E-state index contributed by atoms with van der Waals surface area (Å²) in [5.41, 5.74) is 8.68. The van der Waals surface area contributed by atoms with Crippen LogP contribution < -0.4 is 16.0 Å². The molecule has 1 aliphatic carbocycles. The number of rotatable bonds is 5. The van der Waals surface area contributed by atoms with E-state index in [0.717, 1.165) is 36.6 Å². The normalized spacial score (nSPS) is 24.7. The first-order valence-corrected chi connectivity index (χ1v) is 9.72. The van der Waals surface area contributed by atoms with Crippen LogP contribution in [0.15, 0.2) is 30.3 Å². The Hall–Kier alpha value is -2.47. The molecule has 1 saturated carbocycles. The van der Waals surface area contributed by atoms with Crippen molar-refractivity contribution >= 4 is 11.7 Å². The fourth-order valence-corrected chi connectivity index (χ4v) is 4.21. The molecule has 1 aliphatic heterocycles. The van der Waals surface area contributed by atoms with Crippen molar-refractivity contribution < 1.29 is 4.79 Å². The van der Waals surface area contributed by atoms with E-state index in [1.807, 2.05) is 13.8 Å². The maximum Gasteiger partial charge on any atom is 0.286 e. The second-order valence-corrected chi connectivity index (χ2v) is 7.82. The molecule has 27 heavy (non-hydrogen) atoms. The van der Waals surface area contributed by atoms with E-state index in [0.29, 0.717) is 18.0 Å². The summed E-state index contributed by atoms with van der Waals surface area (Å²) in [5.74, 6) is 1.06. The number of benzene rings is 1. The second kappa shape index (κ2) is 7.27. The minimum atomic E-state index is -0.574. The molecule has 2 aliphatic rings. The standard InChI is InChI=1S/C21H27N5O/c1-13-14(2)23-20(19(22)27)25-21(13)26-9-8-17(12-26)24-18-10-16(11-18)15-6-4-3-5-7-15/h3-7,16-18,24H,8-12H2,1-2H3,(H2,22,27)/t16?,17-,18?/m1/s1. The predicted octanol–water partition coefficient (Wildman–Crippen LogP) is 2.31. The molecule has 0 bridgehead atoms. The molecule has 2 fully saturated rings. The van der Waals surface area contributed by atoms with Gasteiger partial charge in [-0.15, -0.1) is 0 Å². The Morgan fingerprint density at radius 1 is 1.15 bits per heavy atom. The average molecular weight is 365 g/mol. The Labute approximate surface area is 160 Å². The molecule has 4 rings (SSSR count). The molecular formula is C21H27N5O. The van der Waals surface area contributed by atoms with Crippen LogP contribution in [0.3, 0.4) is 0 Å². The van der Waals surface area contributed by atoms with Crippen LogP contribution in [0.25, 0.3) is 0 Å². The van der Waals surface area contributed by atoms with Crippen LogP contribution in [0.1, 0.15) is 52.6 Å². The van der Waals surface area contributed by atoms with Crippen molar-refractivity contribution in [3.63, 3.8) is 0 Å². The topological polar surface area (TPSA) is 84.1 Å². The molecule has 6 heteroatoms. The molecule has 1 aromatic carbocycles. The van der Waals surface area contributed by atoms with Crippen molar-refractivity contribution in [3.8, 4) is 0 Å². The summed E-state index contributed by atoms with van der Waals surface area (Å²) in [7, 11) is 0. The minimum Gasteiger partial charge on any atom is -0.363 e. The summed E-state index contributed by atoms with van der Waals surface area (Å²) < 4.78 is 0. The number of primary amides is 1. The SMILES string of the molecule is Cc1nc(C(N)=O)nc(N2CC[C@@H](NC3CC(c4ccccc4)C3)C2)c1C. The van der Waals surface area contributed by atoms with Crippen molar-refractivity contribution in [1.29, 1.82) is 0 Å². The van der Waals surface area contributed by atoms with Crippen molar-refractivity contribution in [2.75, 3.05) is 18.0 Å². The van der Waals surface area contributed by atoms with Crippen LogP contribution in [-0.2, 0) is 0 Å². The lowest BCUT2D eigenvalue weighted by atomic mass is 9.75. The van der Waals surface area contributed by atoms with Gasteiger partial charge in [-0.25, -0.2) is 9.97 Å². The van der Waals surface area contributed by atoms with Crippen LogP contribution in [0.5, 0.6) is 0 Å². The number of nitrogens with zero attached hydrogens (tertiary/aromatic N) is 3. The van der Waals surface area contributed by atoms with E-state index in [2.05, 4.69) is 50.5 Å². The zero-order valence-electron chi connectivity index (χ0n) is 16.0. The van der Waals surface area contributed by atoms with Gasteiger partial charge in [-0.1, -0.05) is 30.3 Å². The zero-order valence-corrected chi connectivity index (χ0v) is 16.0. The quantitative estimate of drug-likeness (QED) is 0.849. The van der Waals surface area contributed by atoms with Gasteiger partial charge in [0.25, 0.3) is 5.91 Å². The lowest BCUT2D eigenvalue weighted by molar-refractivity contribution is 0.0990. The molecule has 6 nitrogen and oxygen atoms in total. The van der Waals surface area contributed by atoms with Gasteiger partial charge in [-0.2, -0.15) is 0 Å². The molecule has 1 aromatic heterocycles. The fourth-order valence-electron chi connectivity index (χ4n) is 4.21. The molecule has 0 unspecified atom stereocenters. The van der Waals surface area contributed by atoms with Crippen LogP contribution in [-0.4, -0.2) is 41.0 Å². The van der Waals surface area contributed by atoms with Gasteiger partial charge in [0.2, 0.25) is 5.82 Å². The number of hydrogen-bond donors (Lipinski definition) is 2. The maximum atomic E-state index is 11.5. The summed E-state index contributed by atoms with van der Waals surface area (Å²) in [5, 5.41) is 3.81. The van der Waals surface area contributed by atoms with Gasteiger partial charge in [0.15, 0.2) is 0 Å². The molecule has 0 spiro atoms. The summed E-state index contributed by atoms with van der Waals surface area (Å²) in [6.07, 6.45) is 3.50. The van der Waals surface area contributed by atoms with E-state index in [-0.39, 0.29) is 5.82 Å². The van der Waals surface area contributed by atoms with Gasteiger partial charge in [0.05, 0.1) is 0 Å². The number of aryl methyl sites for hydroxylation is 1. The lowest BCUT2D eigenvalue weighted by Crippen LogP contribution is -2.46. The third-order valence-corrected chi connectivity index (χ3v) is 5.95. The fraction of sp³-hybridized carbons (Fsp3) is 0.476. The van der Waals surface area contributed by atoms with E-state index in [9.17, 15) is 4.79 Å². The molecular weight excluding hydrogens is 338 g/mol. The number of nitrogens with two attached hydrogens (primary N) is 1. The number of carbonyl (C=O) groups excluding carboxylic acids is 1. The van der Waals surface area contributed by atoms with E-state index >= 15 is 0 Å². The molecule has 1 atom stereocenters. The summed E-state index contributed by atoms with van der Waals surface area (Å²) in [6, 6.07) is 11.8. The van der Waals surface area contributed by atoms with Crippen molar-refractivity contribution in [2.24, 2.45) is 5.73 Å². The summed E-state index contributed by atoms with van der Waals surface area (Å²) in [6.45, 7) is 5.74. The van der Waals surface area contributed by atoms with Crippen LogP contribution in [0.2, 0.25) is 0 Å². The van der Waals surface area contributed by atoms with Gasteiger partial charge in [-0.05, 0) is 44.6 Å². The third kappa shape index (κ3) is 3.67. The Morgan fingerprint density at radius 3 is 2.59 bits per heavy atom. The van der Waals surface area contributed by atoms with Gasteiger partial charge < -0.3 is 16.0 Å². The van der Waals surface area contributed by atoms with Gasteiger partial charge in [-0.3, -0.25) is 4.79 Å². The smallest absolute Gasteiger partial charge is 0.286 e. The van der Waals surface area contributed by atoms with Crippen LogP contribution >= 0.6 is 0 Å². The van der Waals surface area contributed by atoms with Crippen molar-refractivity contribution in [1.82, 2.24) is 15.3 Å². The molecule has 1 saturated heterocycles. The second-order valence-electron chi connectivity index (χ2n) is 7.82. The Kier molecular flexibility index (Phi) is 4.83. The van der Waals surface area contributed by atoms with E-state index < -0.39 is 5.91 Å². The number of carbonyl (C=O) groups is 1. The number of anilines is 1. The van der Waals surface area contributed by atoms with Gasteiger partial charge in [0, 0.05) is 36.4 Å². The number of hydrogen-bond acceptors (Lipinski definition) is 5. The van der Waals surface area contributed by atoms with Crippen LogP contribution in [0.4, 0.5) is 5.82 Å². The van der Waals surface area contributed by atoms with E-state index in [1.54, 1.807) is 0 Å². The molecule has 1 amide bonds. The van der Waals surface area contributed by atoms with E-state index in [4.69, 9.17) is 5.73 Å². The van der Waals surface area contributed by atoms with Gasteiger partial charge >= 0.3 is 0 Å². The first-order chi connectivity index (χ1) is 13.0. The molecule has 142 valence electrons. The Bertz CT molecular complexity index is 832. The van der Waals surface area contributed by atoms with E-state index in [1.165, 1.54) is 18.4 Å². The minimum absolute atomic E-state index is 0.106. The predicted molar refractivity (Wildman–Crippen MR) is 106 cm³/mol. The largest absolute Gasteiger partial charge is 0.363 e. The number of nitrogens with one attached hydrogen (secondary N) is 1. The molecule has 3 N–H and O–H groups in total. The number of amides is 1. The monoisotopic (exact) mass is 365 g/mol. The highest BCUT2D eigenvalue weighted by molar-refractivity contribution is 5.89. The highest BCUT2D eigenvalue weighted by Crippen LogP contribution is 2.37. The first kappa shape index (κ1) is 17.9. The third-order valence-electron chi connectivity index (χ3n) is 5.95. The van der Waals surface area contributed by atoms with Crippen LogP contribution in [0, 0.1) is 13.8 Å². The molecule has 0 radical (unpaired) electrons. The first-order valence-electron chi connectivity index (χ1n) is 9.72.